The van der Waals surface area contributed by atoms with Crippen LogP contribution in [0.2, 0.25) is 0 Å². The van der Waals surface area contributed by atoms with E-state index in [1.165, 1.54) is 0 Å². The lowest BCUT2D eigenvalue weighted by Gasteiger charge is -2.29. The van der Waals surface area contributed by atoms with Crippen LogP contribution in [0.1, 0.15) is 0 Å². The van der Waals surface area contributed by atoms with E-state index in [0.717, 1.165) is 19.6 Å². The van der Waals surface area contributed by atoms with Gasteiger partial charge in [0.2, 0.25) is 0 Å². The number of hydroxylamine groups is 1. The number of hydrogen-bond acceptors (Lipinski definition) is 8. The van der Waals surface area contributed by atoms with Gasteiger partial charge >= 0.3 is 4.20 Å². The third-order valence-corrected chi connectivity index (χ3v) is 6.74. The summed E-state index contributed by atoms with van der Waals surface area (Å²) >= 11 is 0. The van der Waals surface area contributed by atoms with Gasteiger partial charge in [-0.1, -0.05) is 0 Å². The first-order chi connectivity index (χ1) is 6.67. The molecule has 0 amide bonds. The Labute approximate surface area is 87.7 Å². The summed E-state index contributed by atoms with van der Waals surface area (Å²) in [6.07, 6.45) is 1.60. The van der Waals surface area contributed by atoms with Crippen LogP contribution in [0.3, 0.4) is 0 Å². The van der Waals surface area contributed by atoms with Crippen LogP contribution in [0.25, 0.3) is 0 Å². The summed E-state index contributed by atoms with van der Waals surface area (Å²) < 4.78 is 44.0. The van der Waals surface area contributed by atoms with Crippen molar-refractivity contribution < 1.29 is 21.7 Å². The Balaban J connectivity index is 3.48. The van der Waals surface area contributed by atoms with E-state index in [-0.39, 0.29) is 0 Å². The molecule has 0 aromatic rings. The molecule has 15 heavy (non-hydrogen) atoms. The first kappa shape index (κ1) is 12.3. The standard InChI is InChI=1S/C5H11N3O5S2/c1-13-8-5(4-6-7-8,14(2,9)10)15(3,11)12/h4H2,1-3H3. The first-order valence-electron chi connectivity index (χ1n) is 3.78. The van der Waals surface area contributed by atoms with Crippen molar-refractivity contribution >= 4 is 19.7 Å². The van der Waals surface area contributed by atoms with E-state index in [2.05, 4.69) is 15.2 Å². The average Bonchev–Trinajstić information content (AvgIpc) is 2.44. The van der Waals surface area contributed by atoms with Gasteiger partial charge in [0.05, 0.1) is 7.11 Å². The van der Waals surface area contributed by atoms with Crippen LogP contribution >= 0.6 is 0 Å². The van der Waals surface area contributed by atoms with Crippen LogP contribution in [0.15, 0.2) is 10.3 Å². The zero-order valence-electron chi connectivity index (χ0n) is 8.41. The van der Waals surface area contributed by atoms with Crippen molar-refractivity contribution in [2.45, 2.75) is 4.20 Å². The second kappa shape index (κ2) is 3.39. The van der Waals surface area contributed by atoms with Gasteiger partial charge < -0.3 is 0 Å². The van der Waals surface area contributed by atoms with Crippen molar-refractivity contribution in [3.63, 3.8) is 0 Å². The van der Waals surface area contributed by atoms with Crippen molar-refractivity contribution in [3.05, 3.63) is 0 Å². The Hall–Kier alpha value is -0.740. The highest BCUT2D eigenvalue weighted by atomic mass is 32.3. The Morgan fingerprint density at radius 1 is 1.20 bits per heavy atom. The molecule has 0 bridgehead atoms. The quantitative estimate of drug-likeness (QED) is 0.640. The fourth-order valence-corrected chi connectivity index (χ4v) is 4.85. The van der Waals surface area contributed by atoms with Crippen molar-refractivity contribution in [1.29, 1.82) is 0 Å². The molecule has 8 nitrogen and oxygen atoms in total. The molecule has 10 heteroatoms. The van der Waals surface area contributed by atoms with Crippen molar-refractivity contribution in [2.75, 3.05) is 26.2 Å². The molecule has 1 rings (SSSR count). The molecule has 0 saturated heterocycles. The molecule has 0 atom stereocenters. The minimum absolute atomic E-state index is 0.488. The number of hydrogen-bond donors (Lipinski definition) is 0. The summed E-state index contributed by atoms with van der Waals surface area (Å²) in [6, 6.07) is 0. The highest BCUT2D eigenvalue weighted by Crippen LogP contribution is 2.33. The molecular formula is C5H11N3O5S2. The van der Waals surface area contributed by atoms with Gasteiger partial charge in [0.25, 0.3) is 0 Å². The molecule has 0 aromatic carbocycles. The smallest absolute Gasteiger partial charge is 0.256 e. The van der Waals surface area contributed by atoms with Crippen molar-refractivity contribution in [3.8, 4) is 0 Å². The van der Waals surface area contributed by atoms with Gasteiger partial charge in [-0.05, 0) is 5.22 Å². The van der Waals surface area contributed by atoms with Crippen LogP contribution in [-0.2, 0) is 24.5 Å². The SMILES string of the molecule is CON1N=NCC1(S(C)(=O)=O)S(C)(=O)=O. The lowest BCUT2D eigenvalue weighted by atomic mass is 10.7. The monoisotopic (exact) mass is 257 g/mol. The summed E-state index contributed by atoms with van der Waals surface area (Å²) in [6.45, 7) is -0.488. The lowest BCUT2D eigenvalue weighted by molar-refractivity contribution is -0.143. The molecular weight excluding hydrogens is 246 g/mol. The summed E-state index contributed by atoms with van der Waals surface area (Å²) in [5, 5.41) is 7.21. The molecule has 0 radical (unpaired) electrons. The minimum atomic E-state index is -3.96. The van der Waals surface area contributed by atoms with Crippen LogP contribution in [0, 0.1) is 0 Å². The lowest BCUT2D eigenvalue weighted by Crippen LogP contribution is -2.56. The van der Waals surface area contributed by atoms with Gasteiger partial charge in [0.1, 0.15) is 6.54 Å². The van der Waals surface area contributed by atoms with Crippen LogP contribution in [-0.4, -0.2) is 52.4 Å². The fourth-order valence-electron chi connectivity index (χ4n) is 1.28. The zero-order valence-corrected chi connectivity index (χ0v) is 10.0. The first-order valence-corrected chi connectivity index (χ1v) is 7.56. The third kappa shape index (κ3) is 1.62. The van der Waals surface area contributed by atoms with Gasteiger partial charge in [-0.3, -0.25) is 4.84 Å². The van der Waals surface area contributed by atoms with E-state index in [1.54, 1.807) is 0 Å². The van der Waals surface area contributed by atoms with Gasteiger partial charge in [0.15, 0.2) is 19.7 Å². The Morgan fingerprint density at radius 2 is 1.67 bits per heavy atom. The molecule has 1 aliphatic rings. The van der Waals surface area contributed by atoms with E-state index >= 15 is 0 Å². The molecule has 0 unspecified atom stereocenters. The third-order valence-electron chi connectivity index (χ3n) is 2.04. The second-order valence-corrected chi connectivity index (χ2v) is 7.80. The van der Waals surface area contributed by atoms with Gasteiger partial charge in [-0.15, -0.1) is 5.17 Å². The van der Waals surface area contributed by atoms with E-state index in [1.807, 2.05) is 0 Å². The fraction of sp³-hybridized carbons (Fsp3) is 1.00. The molecule has 0 saturated carbocycles. The van der Waals surface area contributed by atoms with Crippen LogP contribution < -0.4 is 0 Å². The van der Waals surface area contributed by atoms with Crippen molar-refractivity contribution in [2.24, 2.45) is 10.3 Å². The maximum absolute atomic E-state index is 11.6. The van der Waals surface area contributed by atoms with Crippen molar-refractivity contribution in [1.82, 2.24) is 5.17 Å². The molecule has 1 heterocycles. The average molecular weight is 257 g/mol. The number of nitrogens with zero attached hydrogens (tertiary/aromatic N) is 3. The Morgan fingerprint density at radius 3 is 1.93 bits per heavy atom. The van der Waals surface area contributed by atoms with Gasteiger partial charge in [0, 0.05) is 12.5 Å². The molecule has 0 fully saturated rings. The van der Waals surface area contributed by atoms with Gasteiger partial charge in [-0.2, -0.15) is 5.11 Å². The molecule has 0 N–H and O–H groups in total. The predicted molar refractivity (Wildman–Crippen MR) is 51.0 cm³/mol. The molecule has 0 spiro atoms. The molecule has 88 valence electrons. The summed E-state index contributed by atoms with van der Waals surface area (Å²) in [5.74, 6) is 0. The summed E-state index contributed by atoms with van der Waals surface area (Å²) in [4.78, 5) is 4.59. The second-order valence-electron chi connectivity index (χ2n) is 3.10. The highest BCUT2D eigenvalue weighted by molar-refractivity contribution is 8.09. The number of sulfone groups is 2. The topological polar surface area (TPSA) is 105 Å². The Kier molecular flexibility index (Phi) is 2.78. The molecule has 0 aromatic heterocycles. The van der Waals surface area contributed by atoms with Gasteiger partial charge in [-0.25, -0.2) is 16.8 Å². The summed E-state index contributed by atoms with van der Waals surface area (Å²) in [5.41, 5.74) is 0. The predicted octanol–water partition coefficient (Wildman–Crippen LogP) is -1.03. The largest absolute Gasteiger partial charge is 0.307 e. The highest BCUT2D eigenvalue weighted by Gasteiger charge is 2.59. The van der Waals surface area contributed by atoms with E-state index < -0.39 is 30.4 Å². The normalized spacial score (nSPS) is 20.9. The van der Waals surface area contributed by atoms with E-state index in [0.29, 0.717) is 5.17 Å². The maximum Gasteiger partial charge on any atom is 0.307 e. The van der Waals surface area contributed by atoms with Crippen LogP contribution in [0.4, 0.5) is 0 Å². The van der Waals surface area contributed by atoms with E-state index in [4.69, 9.17) is 0 Å². The Bertz CT molecular complexity index is 447. The minimum Gasteiger partial charge on any atom is -0.256 e. The summed E-state index contributed by atoms with van der Waals surface area (Å²) in [7, 11) is -6.79. The molecule has 1 aliphatic heterocycles. The van der Waals surface area contributed by atoms with Crippen LogP contribution in [0.5, 0.6) is 0 Å². The molecule has 0 aliphatic carbocycles. The van der Waals surface area contributed by atoms with E-state index in [9.17, 15) is 16.8 Å². The maximum atomic E-state index is 11.6. The number of rotatable bonds is 3. The zero-order chi connectivity index (χ0) is 11.9.